The standard InChI is InChI=1S/C25H27N3O2/c1-3-27(4-2)13-14-28-21-10-8-17(25-26-12-15-30-25)16-20(21)24-19-6-5-7-23(29)18(19)9-11-22(24)28/h8-12,15-16H,3-7,13-14H2,1-2H3. The van der Waals surface area contributed by atoms with Crippen LogP contribution in [0, 0.1) is 0 Å². The zero-order chi connectivity index (χ0) is 20.7. The Morgan fingerprint density at radius 3 is 2.70 bits per heavy atom. The maximum atomic E-state index is 12.6. The molecule has 1 aliphatic rings. The molecule has 0 amide bonds. The quantitative estimate of drug-likeness (QED) is 0.439. The zero-order valence-corrected chi connectivity index (χ0v) is 17.6. The predicted octanol–water partition coefficient (Wildman–Crippen LogP) is 5.31. The van der Waals surface area contributed by atoms with E-state index in [-0.39, 0.29) is 5.78 Å². The molecule has 0 unspecified atom stereocenters. The second-order valence-corrected chi connectivity index (χ2v) is 8.01. The Labute approximate surface area is 176 Å². The summed E-state index contributed by atoms with van der Waals surface area (Å²) in [4.78, 5) is 19.4. The molecule has 0 saturated heterocycles. The van der Waals surface area contributed by atoms with Crippen molar-refractivity contribution in [1.82, 2.24) is 14.5 Å². The number of benzene rings is 2. The van der Waals surface area contributed by atoms with Crippen molar-refractivity contribution in [2.24, 2.45) is 0 Å². The molecule has 4 aromatic rings. The third-order valence-electron chi connectivity index (χ3n) is 6.48. The number of nitrogens with zero attached hydrogens (tertiary/aromatic N) is 3. The monoisotopic (exact) mass is 401 g/mol. The van der Waals surface area contributed by atoms with E-state index in [2.05, 4.69) is 52.6 Å². The molecule has 2 aromatic heterocycles. The van der Waals surface area contributed by atoms with Crippen LogP contribution in [0.25, 0.3) is 33.3 Å². The van der Waals surface area contributed by atoms with Gasteiger partial charge >= 0.3 is 0 Å². The van der Waals surface area contributed by atoms with E-state index in [4.69, 9.17) is 4.42 Å². The molecule has 0 fully saturated rings. The number of carbonyl (C=O) groups is 1. The predicted molar refractivity (Wildman–Crippen MR) is 120 cm³/mol. The number of carbonyl (C=O) groups excluding carboxylic acids is 1. The molecule has 0 saturated carbocycles. The van der Waals surface area contributed by atoms with Crippen molar-refractivity contribution in [3.63, 3.8) is 0 Å². The molecule has 2 heterocycles. The number of hydrogen-bond acceptors (Lipinski definition) is 4. The first-order chi connectivity index (χ1) is 14.7. The van der Waals surface area contributed by atoms with Crippen molar-refractivity contribution in [1.29, 1.82) is 0 Å². The third kappa shape index (κ3) is 3.05. The largest absolute Gasteiger partial charge is 0.445 e. The van der Waals surface area contributed by atoms with Gasteiger partial charge < -0.3 is 13.9 Å². The number of Topliss-reactive ketones (excluding diaryl/α,β-unsaturated/α-hetero) is 1. The van der Waals surface area contributed by atoms with E-state index >= 15 is 0 Å². The molecule has 30 heavy (non-hydrogen) atoms. The first-order valence-electron chi connectivity index (χ1n) is 10.9. The van der Waals surface area contributed by atoms with Gasteiger partial charge in [0.25, 0.3) is 0 Å². The fraction of sp³-hybridized carbons (Fsp3) is 0.360. The number of likely N-dealkylation sites (N-methyl/N-ethyl adjacent to an activating group) is 1. The highest BCUT2D eigenvalue weighted by Crippen LogP contribution is 2.38. The Bertz CT molecular complexity index is 1220. The highest BCUT2D eigenvalue weighted by Gasteiger charge is 2.23. The maximum Gasteiger partial charge on any atom is 0.225 e. The molecule has 5 heteroatoms. The van der Waals surface area contributed by atoms with Gasteiger partial charge in [0, 0.05) is 52.4 Å². The minimum Gasteiger partial charge on any atom is -0.445 e. The van der Waals surface area contributed by atoms with Gasteiger partial charge in [0.15, 0.2) is 5.78 Å². The van der Waals surface area contributed by atoms with Crippen molar-refractivity contribution in [3.8, 4) is 11.5 Å². The van der Waals surface area contributed by atoms with Gasteiger partial charge in [-0.3, -0.25) is 4.79 Å². The summed E-state index contributed by atoms with van der Waals surface area (Å²) >= 11 is 0. The summed E-state index contributed by atoms with van der Waals surface area (Å²) in [6, 6.07) is 10.6. The highest BCUT2D eigenvalue weighted by molar-refractivity contribution is 6.14. The first kappa shape index (κ1) is 19.1. The van der Waals surface area contributed by atoms with E-state index in [0.717, 1.165) is 50.1 Å². The second-order valence-electron chi connectivity index (χ2n) is 8.01. The normalized spacial score (nSPS) is 14.2. The molecular weight excluding hydrogens is 374 g/mol. The lowest BCUT2D eigenvalue weighted by Crippen LogP contribution is -2.27. The number of rotatable bonds is 6. The van der Waals surface area contributed by atoms with Crippen LogP contribution in [0.5, 0.6) is 0 Å². The van der Waals surface area contributed by atoms with Crippen molar-refractivity contribution >= 4 is 27.6 Å². The van der Waals surface area contributed by atoms with Crippen LogP contribution in [0.1, 0.15) is 42.6 Å². The van der Waals surface area contributed by atoms with Crippen LogP contribution in [-0.4, -0.2) is 39.9 Å². The Morgan fingerprint density at radius 2 is 1.93 bits per heavy atom. The summed E-state index contributed by atoms with van der Waals surface area (Å²) in [6.07, 6.45) is 5.81. The molecule has 2 aromatic carbocycles. The van der Waals surface area contributed by atoms with Crippen molar-refractivity contribution < 1.29 is 9.21 Å². The van der Waals surface area contributed by atoms with Gasteiger partial charge in [-0.2, -0.15) is 0 Å². The Balaban J connectivity index is 1.75. The highest BCUT2D eigenvalue weighted by atomic mass is 16.3. The van der Waals surface area contributed by atoms with Crippen LogP contribution in [0.2, 0.25) is 0 Å². The third-order valence-corrected chi connectivity index (χ3v) is 6.48. The van der Waals surface area contributed by atoms with E-state index in [1.807, 2.05) is 6.07 Å². The smallest absolute Gasteiger partial charge is 0.225 e. The number of hydrogen-bond donors (Lipinski definition) is 0. The number of oxazole rings is 1. The van der Waals surface area contributed by atoms with Crippen LogP contribution in [0.3, 0.4) is 0 Å². The summed E-state index contributed by atoms with van der Waals surface area (Å²) in [7, 11) is 0. The molecule has 154 valence electrons. The number of fused-ring (bicyclic) bond motifs is 5. The molecule has 0 bridgehead atoms. The Kier molecular flexibility index (Phi) is 4.91. The van der Waals surface area contributed by atoms with E-state index in [1.165, 1.54) is 27.4 Å². The van der Waals surface area contributed by atoms with Gasteiger partial charge in [0.1, 0.15) is 6.26 Å². The molecule has 0 aliphatic heterocycles. The minimum atomic E-state index is 0.269. The number of aryl methyl sites for hydroxylation is 1. The molecule has 0 radical (unpaired) electrons. The van der Waals surface area contributed by atoms with Crippen molar-refractivity contribution in [2.45, 2.75) is 39.7 Å². The fourth-order valence-electron chi connectivity index (χ4n) is 4.86. The summed E-state index contributed by atoms with van der Waals surface area (Å²) < 4.78 is 7.96. The zero-order valence-electron chi connectivity index (χ0n) is 17.6. The van der Waals surface area contributed by atoms with E-state index in [1.54, 1.807) is 12.5 Å². The van der Waals surface area contributed by atoms with Gasteiger partial charge in [0.2, 0.25) is 5.89 Å². The van der Waals surface area contributed by atoms with Crippen LogP contribution >= 0.6 is 0 Å². The molecule has 0 spiro atoms. The fourth-order valence-corrected chi connectivity index (χ4v) is 4.86. The van der Waals surface area contributed by atoms with Crippen LogP contribution in [0.15, 0.2) is 47.2 Å². The van der Waals surface area contributed by atoms with Gasteiger partial charge in [-0.15, -0.1) is 0 Å². The van der Waals surface area contributed by atoms with E-state index in [9.17, 15) is 4.79 Å². The van der Waals surface area contributed by atoms with E-state index in [0.29, 0.717) is 12.3 Å². The summed E-state index contributed by atoms with van der Waals surface area (Å²) in [5.41, 5.74) is 5.50. The van der Waals surface area contributed by atoms with Gasteiger partial charge in [-0.25, -0.2) is 4.98 Å². The first-order valence-corrected chi connectivity index (χ1v) is 10.9. The van der Waals surface area contributed by atoms with Crippen LogP contribution in [0.4, 0.5) is 0 Å². The number of ketones is 1. The van der Waals surface area contributed by atoms with Crippen molar-refractivity contribution in [2.75, 3.05) is 19.6 Å². The molecule has 1 aliphatic carbocycles. The molecule has 5 rings (SSSR count). The number of aromatic nitrogens is 2. The lowest BCUT2D eigenvalue weighted by molar-refractivity contribution is 0.0973. The topological polar surface area (TPSA) is 51.3 Å². The second kappa shape index (κ2) is 7.73. The minimum absolute atomic E-state index is 0.269. The molecule has 0 N–H and O–H groups in total. The average Bonchev–Trinajstić information content (AvgIpc) is 3.41. The molecule has 5 nitrogen and oxygen atoms in total. The summed E-state index contributed by atoms with van der Waals surface area (Å²) in [6.45, 7) is 8.44. The summed E-state index contributed by atoms with van der Waals surface area (Å²) in [5.74, 6) is 0.896. The molecule has 0 atom stereocenters. The lowest BCUT2D eigenvalue weighted by atomic mass is 9.87. The molecular formula is C25H27N3O2. The average molecular weight is 402 g/mol. The lowest BCUT2D eigenvalue weighted by Gasteiger charge is -2.19. The van der Waals surface area contributed by atoms with E-state index < -0.39 is 0 Å². The SMILES string of the molecule is CCN(CC)CCn1c2ccc(-c3ncco3)cc2c2c3c(ccc21)C(=O)CCC3. The van der Waals surface area contributed by atoms with Crippen LogP contribution in [-0.2, 0) is 13.0 Å². The van der Waals surface area contributed by atoms with Gasteiger partial charge in [0.05, 0.1) is 6.20 Å². The van der Waals surface area contributed by atoms with Crippen LogP contribution < -0.4 is 0 Å². The Hall–Kier alpha value is -2.92. The van der Waals surface area contributed by atoms with Crippen molar-refractivity contribution in [3.05, 3.63) is 53.9 Å². The maximum absolute atomic E-state index is 12.6. The summed E-state index contributed by atoms with van der Waals surface area (Å²) in [5, 5.41) is 2.41. The van der Waals surface area contributed by atoms with Gasteiger partial charge in [-0.05, 0) is 61.8 Å². The van der Waals surface area contributed by atoms with Gasteiger partial charge in [-0.1, -0.05) is 13.8 Å². The Morgan fingerprint density at radius 1 is 1.10 bits per heavy atom.